The smallest absolute Gasteiger partial charge is 0.161 e. The molecule has 4 rings (SSSR count). The number of anilines is 2. The van der Waals surface area contributed by atoms with Crippen LogP contribution in [0.5, 0.6) is 17.2 Å². The molecule has 128 valence electrons. The fourth-order valence-electron chi connectivity index (χ4n) is 3.17. The topological polar surface area (TPSA) is 68.4 Å². The van der Waals surface area contributed by atoms with Crippen LogP contribution >= 0.6 is 0 Å². The number of fused-ring (bicyclic) bond motifs is 3. The normalized spacial score (nSPS) is 11.6. The number of ether oxygens (including phenoxy) is 3. The number of benzene rings is 2. The van der Waals surface area contributed by atoms with Crippen molar-refractivity contribution in [3.8, 4) is 28.5 Å². The molecule has 2 N–H and O–H groups in total. The average molecular weight is 337 g/mol. The molecule has 0 unspecified atom stereocenters. The zero-order chi connectivity index (χ0) is 17.4. The maximum atomic E-state index is 5.41. The SMILES string of the molecule is COc1ccc(Nc2n[nH]c3c2Cc2cc(OC)c(OC)cc2-3)cc1. The fourth-order valence-corrected chi connectivity index (χ4v) is 3.17. The van der Waals surface area contributed by atoms with E-state index < -0.39 is 0 Å². The third-order valence-electron chi connectivity index (χ3n) is 4.47. The van der Waals surface area contributed by atoms with E-state index in [1.165, 1.54) is 5.56 Å². The number of rotatable bonds is 5. The van der Waals surface area contributed by atoms with E-state index in [0.29, 0.717) is 5.75 Å². The number of nitrogens with zero attached hydrogens (tertiary/aromatic N) is 1. The molecular weight excluding hydrogens is 318 g/mol. The molecular formula is C19H19N3O3. The van der Waals surface area contributed by atoms with Crippen LogP contribution in [-0.4, -0.2) is 31.5 Å². The Labute approximate surface area is 145 Å². The predicted octanol–water partition coefficient (Wildman–Crippen LogP) is 3.75. The quantitative estimate of drug-likeness (QED) is 0.580. The van der Waals surface area contributed by atoms with Crippen molar-refractivity contribution in [3.63, 3.8) is 0 Å². The molecule has 0 spiro atoms. The zero-order valence-electron chi connectivity index (χ0n) is 14.3. The highest BCUT2D eigenvalue weighted by Crippen LogP contribution is 2.44. The summed E-state index contributed by atoms with van der Waals surface area (Å²) >= 11 is 0. The van der Waals surface area contributed by atoms with E-state index in [1.54, 1.807) is 21.3 Å². The van der Waals surface area contributed by atoms with Gasteiger partial charge in [0.15, 0.2) is 17.3 Å². The van der Waals surface area contributed by atoms with Gasteiger partial charge in [-0.25, -0.2) is 0 Å². The van der Waals surface area contributed by atoms with Gasteiger partial charge in [-0.05, 0) is 42.0 Å². The molecule has 0 saturated heterocycles. The molecule has 6 nitrogen and oxygen atoms in total. The average Bonchev–Trinajstić information content (AvgIpc) is 3.20. The zero-order valence-corrected chi connectivity index (χ0v) is 14.3. The molecule has 1 aromatic heterocycles. The first-order valence-corrected chi connectivity index (χ1v) is 7.97. The minimum Gasteiger partial charge on any atom is -0.497 e. The lowest BCUT2D eigenvalue weighted by atomic mass is 10.1. The summed E-state index contributed by atoms with van der Waals surface area (Å²) in [6.07, 6.45) is 0.792. The summed E-state index contributed by atoms with van der Waals surface area (Å²) in [5.74, 6) is 3.11. The van der Waals surface area contributed by atoms with Crippen LogP contribution in [0.25, 0.3) is 11.3 Å². The van der Waals surface area contributed by atoms with Crippen molar-refractivity contribution in [2.45, 2.75) is 6.42 Å². The summed E-state index contributed by atoms with van der Waals surface area (Å²) in [7, 11) is 4.95. The van der Waals surface area contributed by atoms with Gasteiger partial charge in [0.1, 0.15) is 5.75 Å². The Balaban J connectivity index is 1.66. The van der Waals surface area contributed by atoms with Crippen LogP contribution in [0.3, 0.4) is 0 Å². The summed E-state index contributed by atoms with van der Waals surface area (Å²) in [6.45, 7) is 0. The number of aromatic nitrogens is 2. The first-order valence-electron chi connectivity index (χ1n) is 7.97. The summed E-state index contributed by atoms with van der Waals surface area (Å²) in [6, 6.07) is 11.8. The lowest BCUT2D eigenvalue weighted by molar-refractivity contribution is 0.355. The van der Waals surface area contributed by atoms with E-state index in [0.717, 1.165) is 46.2 Å². The molecule has 0 bridgehead atoms. The van der Waals surface area contributed by atoms with E-state index in [-0.39, 0.29) is 0 Å². The predicted molar refractivity (Wildman–Crippen MR) is 96.2 cm³/mol. The van der Waals surface area contributed by atoms with Crippen molar-refractivity contribution >= 4 is 11.5 Å². The van der Waals surface area contributed by atoms with Gasteiger partial charge in [-0.2, -0.15) is 5.10 Å². The lowest BCUT2D eigenvalue weighted by Crippen LogP contribution is -1.95. The van der Waals surface area contributed by atoms with Gasteiger partial charge in [0.05, 0.1) is 27.0 Å². The second-order valence-corrected chi connectivity index (χ2v) is 5.82. The van der Waals surface area contributed by atoms with E-state index in [1.807, 2.05) is 36.4 Å². The van der Waals surface area contributed by atoms with E-state index in [9.17, 15) is 0 Å². The molecule has 6 heteroatoms. The molecule has 2 aromatic carbocycles. The summed E-state index contributed by atoms with van der Waals surface area (Å²) in [4.78, 5) is 0. The second kappa shape index (κ2) is 6.05. The van der Waals surface area contributed by atoms with Gasteiger partial charge >= 0.3 is 0 Å². The lowest BCUT2D eigenvalue weighted by Gasteiger charge is -2.10. The van der Waals surface area contributed by atoms with Gasteiger partial charge in [-0.15, -0.1) is 0 Å². The Morgan fingerprint density at radius 3 is 2.36 bits per heavy atom. The maximum Gasteiger partial charge on any atom is 0.161 e. The van der Waals surface area contributed by atoms with Gasteiger partial charge in [-0.1, -0.05) is 0 Å². The summed E-state index contributed by atoms with van der Waals surface area (Å²) < 4.78 is 16.0. The molecule has 3 aromatic rings. The number of nitrogens with one attached hydrogen (secondary N) is 2. The van der Waals surface area contributed by atoms with Crippen molar-refractivity contribution in [2.75, 3.05) is 26.6 Å². The van der Waals surface area contributed by atoms with Crippen LogP contribution < -0.4 is 19.5 Å². The molecule has 0 fully saturated rings. The van der Waals surface area contributed by atoms with Crippen molar-refractivity contribution in [1.82, 2.24) is 10.2 Å². The minimum absolute atomic E-state index is 0.716. The van der Waals surface area contributed by atoms with Crippen molar-refractivity contribution in [3.05, 3.63) is 47.5 Å². The first-order chi connectivity index (χ1) is 12.2. The highest BCUT2D eigenvalue weighted by molar-refractivity contribution is 5.81. The Hall–Kier alpha value is -3.15. The van der Waals surface area contributed by atoms with Crippen LogP contribution in [0.2, 0.25) is 0 Å². The largest absolute Gasteiger partial charge is 0.497 e. The molecule has 1 aliphatic rings. The van der Waals surface area contributed by atoms with Crippen LogP contribution in [0.4, 0.5) is 11.5 Å². The Kier molecular flexibility index (Phi) is 3.72. The van der Waals surface area contributed by atoms with Gasteiger partial charge in [0.25, 0.3) is 0 Å². The molecule has 0 amide bonds. The molecule has 1 aliphatic carbocycles. The Morgan fingerprint density at radius 2 is 1.68 bits per heavy atom. The van der Waals surface area contributed by atoms with Crippen molar-refractivity contribution in [1.29, 1.82) is 0 Å². The Morgan fingerprint density at radius 1 is 0.960 bits per heavy atom. The number of methoxy groups -OCH3 is 3. The Bertz CT molecular complexity index is 916. The minimum atomic E-state index is 0.716. The van der Waals surface area contributed by atoms with Crippen molar-refractivity contribution < 1.29 is 14.2 Å². The highest BCUT2D eigenvalue weighted by atomic mass is 16.5. The van der Waals surface area contributed by atoms with E-state index >= 15 is 0 Å². The van der Waals surface area contributed by atoms with Gasteiger partial charge in [0.2, 0.25) is 0 Å². The number of aromatic amines is 1. The number of H-pyrrole nitrogens is 1. The van der Waals surface area contributed by atoms with Crippen LogP contribution in [0, 0.1) is 0 Å². The maximum absolute atomic E-state index is 5.41. The summed E-state index contributed by atoms with van der Waals surface area (Å²) in [5.41, 5.74) is 5.41. The van der Waals surface area contributed by atoms with E-state index in [2.05, 4.69) is 15.5 Å². The van der Waals surface area contributed by atoms with Crippen LogP contribution in [0.15, 0.2) is 36.4 Å². The van der Waals surface area contributed by atoms with Gasteiger partial charge in [0, 0.05) is 23.2 Å². The molecule has 0 radical (unpaired) electrons. The van der Waals surface area contributed by atoms with Gasteiger partial charge < -0.3 is 19.5 Å². The highest BCUT2D eigenvalue weighted by Gasteiger charge is 2.26. The molecule has 0 aliphatic heterocycles. The molecule has 1 heterocycles. The molecule has 0 saturated carbocycles. The monoisotopic (exact) mass is 337 g/mol. The standard InChI is InChI=1S/C19H19N3O3/c1-23-13-6-4-12(5-7-13)20-19-15-8-11-9-16(24-2)17(25-3)10-14(11)18(15)21-22-19/h4-7,9-10H,8H2,1-3H3,(H2,20,21,22). The van der Waals surface area contributed by atoms with E-state index in [4.69, 9.17) is 14.2 Å². The van der Waals surface area contributed by atoms with Crippen LogP contribution in [0.1, 0.15) is 11.1 Å². The molecule has 25 heavy (non-hydrogen) atoms. The fraction of sp³-hybridized carbons (Fsp3) is 0.211. The number of hydrogen-bond acceptors (Lipinski definition) is 5. The third kappa shape index (κ3) is 2.55. The summed E-state index contributed by atoms with van der Waals surface area (Å²) in [5, 5.41) is 10.9. The third-order valence-corrected chi connectivity index (χ3v) is 4.47. The first kappa shape index (κ1) is 15.4. The van der Waals surface area contributed by atoms with Crippen molar-refractivity contribution in [2.24, 2.45) is 0 Å². The van der Waals surface area contributed by atoms with Crippen LogP contribution in [-0.2, 0) is 6.42 Å². The number of hydrogen-bond donors (Lipinski definition) is 2. The van der Waals surface area contributed by atoms with Gasteiger partial charge in [-0.3, -0.25) is 5.10 Å². The second-order valence-electron chi connectivity index (χ2n) is 5.82. The molecule has 0 atom stereocenters.